The van der Waals surface area contributed by atoms with Gasteiger partial charge in [-0.3, -0.25) is 19.2 Å². The summed E-state index contributed by atoms with van der Waals surface area (Å²) in [6.45, 7) is 1.65. The van der Waals surface area contributed by atoms with Crippen LogP contribution < -0.4 is 4.52 Å². The Bertz CT molecular complexity index is 618. The first-order chi connectivity index (χ1) is 14.5. The van der Waals surface area contributed by atoms with E-state index in [1.54, 1.807) is 57.4 Å². The molecule has 0 spiro atoms. The first kappa shape index (κ1) is 27.9. The average Bonchev–Trinajstić information content (AvgIpc) is 2.73. The van der Waals surface area contributed by atoms with E-state index in [1.165, 1.54) is 24.3 Å². The molecule has 0 aliphatic rings. The molecule has 0 bridgehead atoms. The molecule has 0 fully saturated rings. The third kappa shape index (κ3) is 13.3. The van der Waals surface area contributed by atoms with Gasteiger partial charge in [-0.15, -0.1) is 0 Å². The van der Waals surface area contributed by atoms with Crippen molar-refractivity contribution in [3.8, 4) is 5.75 Å². The fourth-order valence-electron chi connectivity index (χ4n) is 1.68. The Hall–Kier alpha value is -0.110. The summed E-state index contributed by atoms with van der Waals surface area (Å²) >= 11 is 0. The second-order valence-electron chi connectivity index (χ2n) is 5.23. The number of benzene rings is 1. The summed E-state index contributed by atoms with van der Waals surface area (Å²) in [4.78, 5) is 10.3. The molecule has 0 atom stereocenters. The predicted molar refractivity (Wildman–Crippen MR) is 127 cm³/mol. The Kier molecular flexibility index (Phi) is 16.2. The van der Waals surface area contributed by atoms with Crippen LogP contribution in [-0.2, 0) is 23.1 Å². The van der Waals surface area contributed by atoms with Crippen LogP contribution >= 0.6 is 51.0 Å². The Morgan fingerprint density at radius 1 is 0.833 bits per heavy atom. The van der Waals surface area contributed by atoms with Gasteiger partial charge in [-0.1, -0.05) is 43.2 Å². The highest BCUT2D eigenvalue weighted by atomic mass is 33.1. The number of ether oxygens (including phenoxy) is 2. The highest BCUT2D eigenvalue weighted by molar-refractivity contribution is 8.77. The zero-order chi connectivity index (χ0) is 22.1. The first-order valence-corrected chi connectivity index (χ1v) is 15.2. The number of non-ortho nitro benzene ring substituents is 1. The van der Waals surface area contributed by atoms with Crippen molar-refractivity contribution in [2.24, 2.45) is 0 Å². The molecule has 0 aliphatic heterocycles. The quantitative estimate of drug-likeness (QED) is 0.0791. The van der Waals surface area contributed by atoms with Crippen molar-refractivity contribution < 1.29 is 32.5 Å². The van der Waals surface area contributed by atoms with E-state index in [-0.39, 0.29) is 24.7 Å². The van der Waals surface area contributed by atoms with E-state index in [9.17, 15) is 14.7 Å². The van der Waals surface area contributed by atoms with Crippen LogP contribution in [0.25, 0.3) is 0 Å². The molecule has 172 valence electrons. The summed E-state index contributed by atoms with van der Waals surface area (Å²) in [6, 6.07) is 5.26. The number of nitro groups is 1. The molecule has 1 aromatic rings. The molecule has 0 aliphatic carbocycles. The van der Waals surface area contributed by atoms with Gasteiger partial charge in [-0.05, 0) is 12.1 Å². The standard InChI is InChI=1S/C16H26NO8PS4/c1-21-7-11-27-29-13-9-23-26(20,24-10-14-30-28-12-8-22-2)25-16-5-3-15(4-6-16)17(18)19/h3-6H,7-14H2,1-2H3. The molecule has 1 rings (SSSR count). The zero-order valence-corrected chi connectivity index (χ0v) is 20.9. The lowest BCUT2D eigenvalue weighted by atomic mass is 10.3. The normalized spacial score (nSPS) is 11.5. The maximum atomic E-state index is 13.0. The number of methoxy groups -OCH3 is 2. The van der Waals surface area contributed by atoms with Crippen LogP contribution in [-0.4, -0.2) is 68.6 Å². The summed E-state index contributed by atoms with van der Waals surface area (Å²) in [5.41, 5.74) is -0.0898. The number of hydrogen-bond donors (Lipinski definition) is 0. The highest BCUT2D eigenvalue weighted by Gasteiger charge is 2.28. The number of phosphoric acid groups is 1. The molecule has 0 heterocycles. The van der Waals surface area contributed by atoms with Crippen LogP contribution in [0.4, 0.5) is 5.69 Å². The summed E-state index contributed by atoms with van der Waals surface area (Å²) < 4.78 is 39.3. The maximum absolute atomic E-state index is 13.0. The predicted octanol–water partition coefficient (Wildman–Crippen LogP) is 5.17. The van der Waals surface area contributed by atoms with Gasteiger partial charge in [0, 0.05) is 49.4 Å². The average molecular weight is 520 g/mol. The van der Waals surface area contributed by atoms with Crippen LogP contribution in [0.2, 0.25) is 0 Å². The van der Waals surface area contributed by atoms with Crippen molar-refractivity contribution in [1.29, 1.82) is 0 Å². The second kappa shape index (κ2) is 17.4. The molecule has 14 heteroatoms. The minimum Gasteiger partial charge on any atom is -0.404 e. The smallest absolute Gasteiger partial charge is 0.404 e. The Balaban J connectivity index is 2.52. The van der Waals surface area contributed by atoms with Gasteiger partial charge < -0.3 is 14.0 Å². The third-order valence-corrected chi connectivity index (χ3v) is 9.10. The SMILES string of the molecule is COCCSSCCOP(=O)(OCCSSCCOC)Oc1ccc([N+](=O)[O-])cc1. The van der Waals surface area contributed by atoms with Crippen molar-refractivity contribution in [3.63, 3.8) is 0 Å². The van der Waals surface area contributed by atoms with Gasteiger partial charge in [-0.2, -0.15) is 0 Å². The molecule has 0 radical (unpaired) electrons. The molecule has 30 heavy (non-hydrogen) atoms. The van der Waals surface area contributed by atoms with Crippen LogP contribution in [0.15, 0.2) is 24.3 Å². The second-order valence-corrected chi connectivity index (χ2v) is 12.2. The first-order valence-electron chi connectivity index (χ1n) is 8.80. The molecule has 0 amide bonds. The minimum absolute atomic E-state index is 0.0898. The van der Waals surface area contributed by atoms with Crippen molar-refractivity contribution >= 4 is 56.7 Å². The van der Waals surface area contributed by atoms with Crippen molar-refractivity contribution in [3.05, 3.63) is 34.4 Å². The van der Waals surface area contributed by atoms with Crippen molar-refractivity contribution in [2.45, 2.75) is 0 Å². The number of hydrogen-bond acceptors (Lipinski definition) is 12. The lowest BCUT2D eigenvalue weighted by Crippen LogP contribution is -2.07. The molecule has 0 aromatic heterocycles. The topological polar surface area (TPSA) is 106 Å². The molecule has 0 unspecified atom stereocenters. The van der Waals surface area contributed by atoms with E-state index in [0.717, 1.165) is 11.5 Å². The zero-order valence-electron chi connectivity index (χ0n) is 16.8. The van der Waals surface area contributed by atoms with E-state index < -0.39 is 12.7 Å². The summed E-state index contributed by atoms with van der Waals surface area (Å²) in [6.07, 6.45) is 0. The van der Waals surface area contributed by atoms with Crippen molar-refractivity contribution in [1.82, 2.24) is 0 Å². The number of nitro benzene ring substituents is 1. The lowest BCUT2D eigenvalue weighted by Gasteiger charge is -2.18. The molecular weight excluding hydrogens is 493 g/mol. The van der Waals surface area contributed by atoms with Gasteiger partial charge in [0.1, 0.15) is 5.75 Å². The molecule has 9 nitrogen and oxygen atoms in total. The fourth-order valence-corrected chi connectivity index (χ4v) is 6.60. The molecule has 0 N–H and O–H groups in total. The Morgan fingerprint density at radius 2 is 1.27 bits per heavy atom. The maximum Gasteiger partial charge on any atom is 0.530 e. The Labute approximate surface area is 192 Å². The molecular formula is C16H26NO8PS4. The molecule has 1 aromatic carbocycles. The largest absolute Gasteiger partial charge is 0.530 e. The van der Waals surface area contributed by atoms with Crippen LogP contribution in [0, 0.1) is 10.1 Å². The summed E-state index contributed by atoms with van der Waals surface area (Å²) in [5.74, 6) is 3.03. The van der Waals surface area contributed by atoms with E-state index >= 15 is 0 Å². The minimum atomic E-state index is -3.87. The van der Waals surface area contributed by atoms with E-state index in [1.807, 2.05) is 0 Å². The van der Waals surface area contributed by atoms with Gasteiger partial charge >= 0.3 is 7.82 Å². The Morgan fingerprint density at radius 3 is 1.67 bits per heavy atom. The van der Waals surface area contributed by atoms with Crippen LogP contribution in [0.1, 0.15) is 0 Å². The third-order valence-electron chi connectivity index (χ3n) is 3.01. The van der Waals surface area contributed by atoms with Gasteiger partial charge in [0.2, 0.25) is 0 Å². The highest BCUT2D eigenvalue weighted by Crippen LogP contribution is 2.50. The van der Waals surface area contributed by atoms with Crippen LogP contribution in [0.3, 0.4) is 0 Å². The number of phosphoric ester groups is 1. The van der Waals surface area contributed by atoms with Gasteiger partial charge in [-0.25, -0.2) is 4.57 Å². The molecule has 0 saturated carbocycles. The fraction of sp³-hybridized carbons (Fsp3) is 0.625. The van der Waals surface area contributed by atoms with E-state index in [0.29, 0.717) is 24.7 Å². The monoisotopic (exact) mass is 519 g/mol. The van der Waals surface area contributed by atoms with Gasteiger partial charge in [0.25, 0.3) is 5.69 Å². The summed E-state index contributed by atoms with van der Waals surface area (Å²) in [7, 11) is 5.82. The number of rotatable bonds is 19. The van der Waals surface area contributed by atoms with Crippen LogP contribution in [0.5, 0.6) is 5.75 Å². The lowest BCUT2D eigenvalue weighted by molar-refractivity contribution is -0.384. The van der Waals surface area contributed by atoms with E-state index in [2.05, 4.69) is 0 Å². The van der Waals surface area contributed by atoms with Gasteiger partial charge in [0.15, 0.2) is 0 Å². The van der Waals surface area contributed by atoms with Gasteiger partial charge in [0.05, 0.1) is 31.4 Å². The summed E-state index contributed by atoms with van der Waals surface area (Å²) in [5, 5.41) is 10.8. The van der Waals surface area contributed by atoms with E-state index in [4.69, 9.17) is 23.0 Å². The van der Waals surface area contributed by atoms with Crippen molar-refractivity contribution in [2.75, 3.05) is 63.7 Å². The number of nitrogens with zero attached hydrogens (tertiary/aromatic N) is 1. The molecule has 0 saturated heterocycles.